The van der Waals surface area contributed by atoms with E-state index in [-0.39, 0.29) is 0 Å². The Morgan fingerprint density at radius 3 is 2.52 bits per heavy atom. The van der Waals surface area contributed by atoms with Crippen molar-refractivity contribution in [2.24, 2.45) is 11.8 Å². The molecule has 1 saturated carbocycles. The van der Waals surface area contributed by atoms with Crippen LogP contribution in [0.2, 0.25) is 5.15 Å². The third-order valence-electron chi connectivity index (χ3n) is 6.49. The second kappa shape index (κ2) is 10.6. The van der Waals surface area contributed by atoms with Gasteiger partial charge in [0.2, 0.25) is 5.95 Å². The molecular formula is C24H30ClN7O. The molecule has 2 fully saturated rings. The Labute approximate surface area is 198 Å². The number of anilines is 2. The lowest BCUT2D eigenvalue weighted by Gasteiger charge is -2.29. The molecule has 33 heavy (non-hydrogen) atoms. The molecule has 8 nitrogen and oxygen atoms in total. The Kier molecular flexibility index (Phi) is 7.14. The Morgan fingerprint density at radius 2 is 1.76 bits per heavy atom. The minimum Gasteiger partial charge on any atom is -0.381 e. The minimum atomic E-state index is 0.427. The van der Waals surface area contributed by atoms with Gasteiger partial charge >= 0.3 is 0 Å². The van der Waals surface area contributed by atoms with Crippen LogP contribution in [0.4, 0.5) is 11.8 Å². The summed E-state index contributed by atoms with van der Waals surface area (Å²) in [5.74, 6) is 2.85. The summed E-state index contributed by atoms with van der Waals surface area (Å²) in [6.07, 6.45) is 10.1. The smallest absolute Gasteiger partial charge is 0.222 e. The Bertz CT molecular complexity index is 1050. The van der Waals surface area contributed by atoms with Gasteiger partial charge in [0.15, 0.2) is 5.15 Å². The van der Waals surface area contributed by atoms with Crippen LogP contribution in [0.15, 0.2) is 36.8 Å². The van der Waals surface area contributed by atoms with E-state index in [0.29, 0.717) is 29.0 Å². The summed E-state index contributed by atoms with van der Waals surface area (Å²) in [6.45, 7) is 4.43. The molecule has 3 N–H and O–H groups in total. The maximum absolute atomic E-state index is 6.20. The molecule has 5 rings (SSSR count). The predicted molar refractivity (Wildman–Crippen MR) is 130 cm³/mol. The van der Waals surface area contributed by atoms with Crippen molar-refractivity contribution in [3.8, 4) is 0 Å². The predicted octanol–water partition coefficient (Wildman–Crippen LogP) is 3.89. The van der Waals surface area contributed by atoms with Crippen molar-refractivity contribution in [3.05, 3.63) is 47.5 Å². The van der Waals surface area contributed by atoms with Gasteiger partial charge in [0.05, 0.1) is 13.2 Å². The second-order valence-electron chi connectivity index (χ2n) is 9.06. The summed E-state index contributed by atoms with van der Waals surface area (Å²) in [6, 6.07) is 6.41. The number of halogens is 1. The summed E-state index contributed by atoms with van der Waals surface area (Å²) in [4.78, 5) is 17.7. The molecule has 4 heterocycles. The Morgan fingerprint density at radius 1 is 0.939 bits per heavy atom. The van der Waals surface area contributed by atoms with Gasteiger partial charge in [-0.05, 0) is 49.8 Å². The SMILES string of the molecule is Clc1nccc2ccc(N[C@H]3CC[C@H](CNc4ncc(CNCC5COC5)cn4)CC3)nc12. The van der Waals surface area contributed by atoms with Crippen LogP contribution in [0.5, 0.6) is 0 Å². The first kappa shape index (κ1) is 22.3. The molecular weight excluding hydrogens is 438 g/mol. The number of ether oxygens (including phenoxy) is 1. The molecule has 0 bridgehead atoms. The molecule has 1 aliphatic carbocycles. The fourth-order valence-electron chi connectivity index (χ4n) is 4.41. The first-order valence-electron chi connectivity index (χ1n) is 11.7. The van der Waals surface area contributed by atoms with Crippen molar-refractivity contribution in [3.63, 3.8) is 0 Å². The molecule has 0 aromatic carbocycles. The van der Waals surface area contributed by atoms with Gasteiger partial charge in [0.1, 0.15) is 11.3 Å². The molecule has 0 radical (unpaired) electrons. The molecule has 0 spiro atoms. The highest BCUT2D eigenvalue weighted by Crippen LogP contribution is 2.27. The molecule has 9 heteroatoms. The fourth-order valence-corrected chi connectivity index (χ4v) is 4.62. The van der Waals surface area contributed by atoms with Crippen LogP contribution in [0.1, 0.15) is 31.2 Å². The maximum Gasteiger partial charge on any atom is 0.222 e. The normalized spacial score (nSPS) is 21.0. The van der Waals surface area contributed by atoms with Gasteiger partial charge < -0.3 is 20.7 Å². The van der Waals surface area contributed by atoms with E-state index in [2.05, 4.69) is 35.9 Å². The average molecular weight is 468 g/mol. The number of rotatable bonds is 9. The summed E-state index contributed by atoms with van der Waals surface area (Å²) in [7, 11) is 0. The Hall–Kier alpha value is -2.55. The average Bonchev–Trinajstić information content (AvgIpc) is 2.81. The zero-order chi connectivity index (χ0) is 22.5. The number of aromatic nitrogens is 4. The molecule has 3 aromatic rings. The largest absolute Gasteiger partial charge is 0.381 e. The summed E-state index contributed by atoms with van der Waals surface area (Å²) >= 11 is 6.20. The standard InChI is InChI=1S/C24H30ClN7O/c25-23-22-19(7-8-27-23)3-6-21(32-22)31-20-4-1-16(2-5-20)11-28-24-29-12-17(13-30-24)9-26-10-18-14-33-15-18/h3,6-8,12-13,16,18,20,26H,1-2,4-5,9-11,14-15H2,(H,31,32)(H,28,29,30)/t16-,20-. The van der Waals surface area contributed by atoms with Crippen LogP contribution in [0.3, 0.4) is 0 Å². The molecule has 0 unspecified atom stereocenters. The van der Waals surface area contributed by atoms with E-state index < -0.39 is 0 Å². The molecule has 1 aliphatic heterocycles. The van der Waals surface area contributed by atoms with Crippen LogP contribution in [0, 0.1) is 11.8 Å². The second-order valence-corrected chi connectivity index (χ2v) is 9.42. The van der Waals surface area contributed by atoms with Crippen molar-refractivity contribution in [1.82, 2.24) is 25.3 Å². The monoisotopic (exact) mass is 467 g/mol. The van der Waals surface area contributed by atoms with E-state index in [9.17, 15) is 0 Å². The number of hydrogen-bond donors (Lipinski definition) is 3. The van der Waals surface area contributed by atoms with Crippen LogP contribution in [-0.2, 0) is 11.3 Å². The Balaban J connectivity index is 1.03. The van der Waals surface area contributed by atoms with E-state index in [1.54, 1.807) is 6.20 Å². The highest BCUT2D eigenvalue weighted by atomic mass is 35.5. The highest BCUT2D eigenvalue weighted by Gasteiger charge is 2.22. The zero-order valence-corrected chi connectivity index (χ0v) is 19.4. The number of pyridine rings is 2. The summed E-state index contributed by atoms with van der Waals surface area (Å²) < 4.78 is 5.19. The number of nitrogens with one attached hydrogen (secondary N) is 3. The molecule has 2 aliphatic rings. The van der Waals surface area contributed by atoms with Gasteiger partial charge in [-0.3, -0.25) is 0 Å². The lowest BCUT2D eigenvalue weighted by atomic mass is 9.86. The first-order chi connectivity index (χ1) is 16.2. The van der Waals surface area contributed by atoms with Crippen LogP contribution in [-0.4, -0.2) is 52.3 Å². The maximum atomic E-state index is 6.20. The third kappa shape index (κ3) is 5.88. The molecule has 174 valence electrons. The van der Waals surface area contributed by atoms with Crippen molar-refractivity contribution >= 4 is 34.3 Å². The molecule has 3 aromatic heterocycles. The van der Waals surface area contributed by atoms with E-state index in [1.165, 1.54) is 0 Å². The van der Waals surface area contributed by atoms with Crippen LogP contribution >= 0.6 is 11.6 Å². The van der Waals surface area contributed by atoms with Crippen molar-refractivity contribution in [1.29, 1.82) is 0 Å². The van der Waals surface area contributed by atoms with E-state index in [0.717, 1.165) is 80.8 Å². The lowest BCUT2D eigenvalue weighted by molar-refractivity contribution is -0.0307. The summed E-state index contributed by atoms with van der Waals surface area (Å²) in [5.41, 5.74) is 1.85. The first-order valence-corrected chi connectivity index (χ1v) is 12.1. The van der Waals surface area contributed by atoms with Crippen molar-refractivity contribution in [2.45, 2.75) is 38.3 Å². The minimum absolute atomic E-state index is 0.427. The number of nitrogens with zero attached hydrogens (tertiary/aromatic N) is 4. The zero-order valence-electron chi connectivity index (χ0n) is 18.6. The lowest BCUT2D eigenvalue weighted by Crippen LogP contribution is -2.36. The van der Waals surface area contributed by atoms with Gasteiger partial charge in [-0.1, -0.05) is 11.6 Å². The molecule has 1 saturated heterocycles. The quantitative estimate of drug-likeness (QED) is 0.408. The molecule has 0 amide bonds. The number of fused-ring (bicyclic) bond motifs is 1. The van der Waals surface area contributed by atoms with Gasteiger partial charge in [0.25, 0.3) is 0 Å². The van der Waals surface area contributed by atoms with Crippen LogP contribution in [0.25, 0.3) is 10.9 Å². The topological polar surface area (TPSA) is 96.9 Å². The summed E-state index contributed by atoms with van der Waals surface area (Å²) in [5, 5.41) is 11.9. The van der Waals surface area contributed by atoms with Crippen molar-refractivity contribution in [2.75, 3.05) is 36.9 Å². The van der Waals surface area contributed by atoms with E-state index in [1.807, 2.05) is 30.6 Å². The third-order valence-corrected chi connectivity index (χ3v) is 6.76. The van der Waals surface area contributed by atoms with Crippen molar-refractivity contribution < 1.29 is 4.74 Å². The van der Waals surface area contributed by atoms with Gasteiger partial charge in [-0.2, -0.15) is 0 Å². The van der Waals surface area contributed by atoms with E-state index >= 15 is 0 Å². The van der Waals surface area contributed by atoms with Crippen LogP contribution < -0.4 is 16.0 Å². The highest BCUT2D eigenvalue weighted by molar-refractivity contribution is 6.33. The van der Waals surface area contributed by atoms with Gasteiger partial charge in [-0.15, -0.1) is 0 Å². The fraction of sp³-hybridized carbons (Fsp3) is 0.500. The van der Waals surface area contributed by atoms with E-state index in [4.69, 9.17) is 16.3 Å². The van der Waals surface area contributed by atoms with Gasteiger partial charge in [-0.25, -0.2) is 19.9 Å². The molecule has 0 atom stereocenters. The van der Waals surface area contributed by atoms with Gasteiger partial charge in [0, 0.05) is 61.1 Å². The number of hydrogen-bond acceptors (Lipinski definition) is 8.